The number of urea groups is 2. The Morgan fingerprint density at radius 2 is 1.85 bits per heavy atom. The number of nitrogens with zero attached hydrogens (tertiary/aromatic N) is 2. The molecule has 2 aromatic carbocycles. The van der Waals surface area contributed by atoms with Crippen LogP contribution in [0.15, 0.2) is 48.5 Å². The topological polar surface area (TPSA) is 141 Å². The summed E-state index contributed by atoms with van der Waals surface area (Å²) in [6.45, 7) is 0.454. The van der Waals surface area contributed by atoms with Crippen molar-refractivity contribution in [3.05, 3.63) is 71.3 Å². The van der Waals surface area contributed by atoms with Gasteiger partial charge in [0.05, 0.1) is 24.6 Å². The summed E-state index contributed by atoms with van der Waals surface area (Å²) in [5.41, 5.74) is 0.418. The number of nitrogens with one attached hydrogen (secondary N) is 3. The molecule has 3 unspecified atom stereocenters. The fourth-order valence-corrected chi connectivity index (χ4v) is 5.65. The molecule has 10 nitrogen and oxygen atoms in total. The Hall–Kier alpha value is -4.37. The summed E-state index contributed by atoms with van der Waals surface area (Å²) in [6.07, 6.45) is 3.23. The standard InChI is InChI=1S/C29H31F2N5O5/c1-41-26(38)24-23(16-37)35-28(40)36(25(24)18-7-8-21(30)22(31)15-18)27(39)34-14-13-33-20-9-11-29(17-32,12-10-20)19-5-3-2-4-6-19/h2-8,15-16,20,23-25,33H,9-14H2,1H3,(H,34,39)(H,35,40). The van der Waals surface area contributed by atoms with Crippen molar-refractivity contribution in [1.82, 2.24) is 20.9 Å². The maximum absolute atomic E-state index is 14.1. The Morgan fingerprint density at radius 1 is 1.15 bits per heavy atom. The average molecular weight is 568 g/mol. The lowest BCUT2D eigenvalue weighted by Gasteiger charge is -2.41. The van der Waals surface area contributed by atoms with Gasteiger partial charge in [-0.05, 0) is 48.9 Å². The summed E-state index contributed by atoms with van der Waals surface area (Å²) in [5.74, 6) is -4.73. The van der Waals surface area contributed by atoms with Crippen LogP contribution in [-0.2, 0) is 19.7 Å². The number of halogens is 2. The van der Waals surface area contributed by atoms with Gasteiger partial charge < -0.3 is 25.5 Å². The number of benzene rings is 2. The molecule has 1 saturated heterocycles. The number of carbonyl (C=O) groups is 4. The second-order valence-electron chi connectivity index (χ2n) is 10.2. The van der Waals surface area contributed by atoms with E-state index in [9.17, 15) is 33.2 Å². The summed E-state index contributed by atoms with van der Waals surface area (Å²) in [7, 11) is 1.07. The molecule has 0 spiro atoms. The van der Waals surface area contributed by atoms with Gasteiger partial charge in [0.25, 0.3) is 0 Å². The van der Waals surface area contributed by atoms with Gasteiger partial charge in [0, 0.05) is 19.1 Å². The number of amides is 4. The minimum absolute atomic E-state index is 0.0594. The van der Waals surface area contributed by atoms with Crippen molar-refractivity contribution in [3.8, 4) is 6.07 Å². The average Bonchev–Trinajstić information content (AvgIpc) is 3.00. The van der Waals surface area contributed by atoms with Crippen LogP contribution >= 0.6 is 0 Å². The third kappa shape index (κ3) is 6.20. The molecule has 41 heavy (non-hydrogen) atoms. The number of methoxy groups -OCH3 is 1. The van der Waals surface area contributed by atoms with Gasteiger partial charge in [0.2, 0.25) is 0 Å². The van der Waals surface area contributed by atoms with Crippen molar-refractivity contribution >= 4 is 24.3 Å². The maximum Gasteiger partial charge on any atom is 0.326 e. The molecule has 0 radical (unpaired) electrons. The molecule has 216 valence electrons. The summed E-state index contributed by atoms with van der Waals surface area (Å²) in [6, 6.07) is 10.4. The van der Waals surface area contributed by atoms with Gasteiger partial charge in [-0.25, -0.2) is 23.3 Å². The van der Waals surface area contributed by atoms with E-state index in [4.69, 9.17) is 4.74 Å². The Labute approximate surface area is 236 Å². The van der Waals surface area contributed by atoms with Crippen molar-refractivity contribution in [3.63, 3.8) is 0 Å². The summed E-state index contributed by atoms with van der Waals surface area (Å²) >= 11 is 0. The van der Waals surface area contributed by atoms with Crippen molar-refractivity contribution in [1.29, 1.82) is 5.26 Å². The Morgan fingerprint density at radius 3 is 2.46 bits per heavy atom. The van der Waals surface area contributed by atoms with Crippen LogP contribution in [0.4, 0.5) is 18.4 Å². The van der Waals surface area contributed by atoms with Gasteiger partial charge in [0.1, 0.15) is 18.2 Å². The fourth-order valence-electron chi connectivity index (χ4n) is 5.65. The number of carbonyl (C=O) groups excluding carboxylic acids is 4. The van der Waals surface area contributed by atoms with E-state index in [2.05, 4.69) is 22.0 Å². The maximum atomic E-state index is 14.1. The summed E-state index contributed by atoms with van der Waals surface area (Å²) < 4.78 is 32.6. The predicted octanol–water partition coefficient (Wildman–Crippen LogP) is 3.09. The third-order valence-electron chi connectivity index (χ3n) is 7.85. The molecule has 3 atom stereocenters. The number of nitriles is 1. The van der Waals surface area contributed by atoms with Crippen LogP contribution in [0.5, 0.6) is 0 Å². The highest BCUT2D eigenvalue weighted by Gasteiger charge is 2.50. The van der Waals surface area contributed by atoms with E-state index in [0.29, 0.717) is 30.6 Å². The van der Waals surface area contributed by atoms with Crippen LogP contribution in [0.25, 0.3) is 0 Å². The Balaban J connectivity index is 1.41. The molecular weight excluding hydrogens is 536 g/mol. The number of aldehydes is 1. The van der Waals surface area contributed by atoms with Gasteiger partial charge in [-0.15, -0.1) is 0 Å². The van der Waals surface area contributed by atoms with Gasteiger partial charge in [0.15, 0.2) is 11.6 Å². The first-order chi connectivity index (χ1) is 19.7. The van der Waals surface area contributed by atoms with Gasteiger partial charge in [-0.1, -0.05) is 36.4 Å². The van der Waals surface area contributed by atoms with Gasteiger partial charge in [-0.2, -0.15) is 5.26 Å². The van der Waals surface area contributed by atoms with E-state index in [1.165, 1.54) is 0 Å². The normalized spacial score (nSPS) is 25.9. The molecule has 0 aromatic heterocycles. The van der Waals surface area contributed by atoms with Crippen LogP contribution in [-0.4, -0.2) is 61.5 Å². The zero-order valence-corrected chi connectivity index (χ0v) is 22.4. The summed E-state index contributed by atoms with van der Waals surface area (Å²) in [5, 5.41) is 18.2. The molecule has 2 fully saturated rings. The number of imide groups is 1. The van der Waals surface area contributed by atoms with Crippen LogP contribution in [0.1, 0.15) is 42.9 Å². The lowest BCUT2D eigenvalue weighted by Crippen LogP contribution is -2.64. The minimum Gasteiger partial charge on any atom is -0.469 e. The molecular formula is C29H31F2N5O5. The first-order valence-electron chi connectivity index (χ1n) is 13.3. The monoisotopic (exact) mass is 567 g/mol. The first kappa shape index (κ1) is 29.6. The zero-order valence-electron chi connectivity index (χ0n) is 22.4. The molecule has 1 saturated carbocycles. The van der Waals surface area contributed by atoms with Crippen molar-refractivity contribution in [2.24, 2.45) is 5.92 Å². The minimum atomic E-state index is -1.44. The van der Waals surface area contributed by atoms with Crippen molar-refractivity contribution in [2.75, 3.05) is 20.2 Å². The molecule has 12 heteroatoms. The van der Waals surface area contributed by atoms with Gasteiger partial charge in [-0.3, -0.25) is 4.79 Å². The highest BCUT2D eigenvalue weighted by molar-refractivity contribution is 5.98. The molecule has 2 aromatic rings. The Bertz CT molecular complexity index is 1330. The molecule has 4 rings (SSSR count). The molecule has 1 heterocycles. The highest BCUT2D eigenvalue weighted by Crippen LogP contribution is 2.39. The lowest BCUT2D eigenvalue weighted by atomic mass is 9.69. The van der Waals surface area contributed by atoms with Crippen molar-refractivity contribution in [2.45, 2.75) is 49.2 Å². The molecule has 1 aliphatic heterocycles. The molecule has 1 aliphatic carbocycles. The summed E-state index contributed by atoms with van der Waals surface area (Å²) in [4.78, 5) is 51.2. The van der Waals surface area contributed by atoms with E-state index < -0.39 is 53.1 Å². The van der Waals surface area contributed by atoms with Gasteiger partial charge >= 0.3 is 18.0 Å². The second kappa shape index (κ2) is 12.9. The van der Waals surface area contributed by atoms with Crippen LogP contribution in [0, 0.1) is 28.9 Å². The predicted molar refractivity (Wildman–Crippen MR) is 142 cm³/mol. The second-order valence-corrected chi connectivity index (χ2v) is 10.2. The number of hydrogen-bond acceptors (Lipinski definition) is 7. The number of rotatable bonds is 8. The van der Waals surface area contributed by atoms with Crippen molar-refractivity contribution < 1.29 is 32.7 Å². The van der Waals surface area contributed by atoms with E-state index in [1.54, 1.807) is 0 Å². The molecule has 2 aliphatic rings. The van der Waals surface area contributed by atoms with E-state index >= 15 is 0 Å². The number of hydrogen-bond donors (Lipinski definition) is 3. The first-order valence-corrected chi connectivity index (χ1v) is 13.3. The smallest absolute Gasteiger partial charge is 0.326 e. The fraction of sp³-hybridized carbons (Fsp3) is 0.414. The zero-order chi connectivity index (χ0) is 29.6. The van der Waals surface area contributed by atoms with Crippen LogP contribution < -0.4 is 16.0 Å². The Kier molecular flexibility index (Phi) is 9.29. The molecule has 0 bridgehead atoms. The van der Waals surface area contributed by atoms with Crippen LogP contribution in [0.3, 0.4) is 0 Å². The SMILES string of the molecule is COC(=O)C1C(C=O)NC(=O)N(C(=O)NCCNC2CCC(C#N)(c3ccccc3)CC2)C1c1ccc(F)c(F)c1. The largest absolute Gasteiger partial charge is 0.469 e. The van der Waals surface area contributed by atoms with E-state index in [1.807, 2.05) is 30.3 Å². The van der Waals surface area contributed by atoms with E-state index in [-0.39, 0.29) is 18.2 Å². The third-order valence-corrected chi connectivity index (χ3v) is 7.85. The lowest BCUT2D eigenvalue weighted by molar-refractivity contribution is -0.150. The molecule has 4 amide bonds. The molecule has 3 N–H and O–H groups in total. The van der Waals surface area contributed by atoms with Crippen LogP contribution in [0.2, 0.25) is 0 Å². The highest BCUT2D eigenvalue weighted by atomic mass is 19.2. The quantitative estimate of drug-likeness (QED) is 0.253. The number of ether oxygens (including phenoxy) is 1. The van der Waals surface area contributed by atoms with E-state index in [0.717, 1.165) is 43.7 Å². The number of esters is 1.